The van der Waals surface area contributed by atoms with Crippen molar-refractivity contribution in [1.29, 1.82) is 5.41 Å². The van der Waals surface area contributed by atoms with Gasteiger partial charge in [0.1, 0.15) is 102 Å². The molecule has 2 aromatic carbocycles. The lowest BCUT2D eigenvalue weighted by atomic mass is 9.99. The lowest BCUT2D eigenvalue weighted by molar-refractivity contribution is -0.142. The van der Waals surface area contributed by atoms with E-state index in [1.165, 1.54) is 53.7 Å². The second kappa shape index (κ2) is 63.8. The van der Waals surface area contributed by atoms with Crippen molar-refractivity contribution in [2.45, 2.75) is 314 Å². The molecule has 0 aromatic heterocycles. The molecule has 0 saturated heterocycles. The fourth-order valence-corrected chi connectivity index (χ4v) is 14.0. The summed E-state index contributed by atoms with van der Waals surface area (Å²) in [5.41, 5.74) is 34.9. The number of phenols is 1. The van der Waals surface area contributed by atoms with Gasteiger partial charge in [-0.05, 0) is 178 Å². The summed E-state index contributed by atoms with van der Waals surface area (Å²) < 4.78 is 0. The van der Waals surface area contributed by atoms with Crippen LogP contribution in [0.4, 0.5) is 0 Å². The second-order valence-corrected chi connectivity index (χ2v) is 36.3. The molecule has 142 heavy (non-hydrogen) atoms. The van der Waals surface area contributed by atoms with E-state index in [2.05, 4.69) is 95.7 Å². The Morgan fingerprint density at radius 3 is 1.15 bits per heavy atom. The smallest absolute Gasteiger partial charge is 0.305 e. The number of amides is 19. The van der Waals surface area contributed by atoms with Gasteiger partial charge in [-0.15, -0.1) is 0 Å². The van der Waals surface area contributed by atoms with Crippen LogP contribution in [0.25, 0.3) is 0 Å². The summed E-state index contributed by atoms with van der Waals surface area (Å²) in [6.07, 6.45) is -6.17. The molecule has 51 heteroatoms. The number of aliphatic hydroxyl groups is 2. The van der Waals surface area contributed by atoms with Gasteiger partial charge < -0.3 is 156 Å². The van der Waals surface area contributed by atoms with E-state index in [1.807, 2.05) is 0 Å². The van der Waals surface area contributed by atoms with E-state index in [0.29, 0.717) is 30.5 Å². The number of rotatable bonds is 67. The molecule has 2 rings (SSSR count). The first-order chi connectivity index (χ1) is 66.5. The minimum Gasteiger partial charge on any atom is -0.508 e. The number of hydrogen-bond acceptors (Lipinski definition) is 28. The molecule has 0 unspecified atom stereocenters. The van der Waals surface area contributed by atoms with Crippen LogP contribution in [-0.4, -0.2) is 297 Å². The summed E-state index contributed by atoms with van der Waals surface area (Å²) in [5, 5.41) is 103. The van der Waals surface area contributed by atoms with Crippen molar-refractivity contribution >= 4 is 130 Å². The molecule has 36 N–H and O–H groups in total. The highest BCUT2D eigenvalue weighted by atomic mass is 16.4. The van der Waals surface area contributed by atoms with Gasteiger partial charge in [0.15, 0.2) is 5.96 Å². The third-order valence-electron chi connectivity index (χ3n) is 22.1. The van der Waals surface area contributed by atoms with Gasteiger partial charge in [0.05, 0.1) is 31.2 Å². The number of benzene rings is 2. The predicted molar refractivity (Wildman–Crippen MR) is 515 cm³/mol. The molecule has 0 bridgehead atoms. The fraction of sp³-hybridized carbons (Fsp3) is 0.626. The van der Waals surface area contributed by atoms with Crippen LogP contribution in [-0.2, 0) is 114 Å². The number of carboxylic acids is 2. The van der Waals surface area contributed by atoms with Gasteiger partial charge >= 0.3 is 11.9 Å². The number of aliphatic hydroxyl groups excluding tert-OH is 2. The molecule has 0 saturated carbocycles. The highest BCUT2D eigenvalue weighted by Crippen LogP contribution is 2.18. The van der Waals surface area contributed by atoms with Crippen LogP contribution in [0.1, 0.15) is 197 Å². The van der Waals surface area contributed by atoms with E-state index in [4.69, 9.17) is 39.8 Å². The Balaban J connectivity index is 2.45. The zero-order valence-corrected chi connectivity index (χ0v) is 82.6. The third kappa shape index (κ3) is 47.4. The first kappa shape index (κ1) is 124. The van der Waals surface area contributed by atoms with Crippen LogP contribution < -0.4 is 130 Å². The minimum atomic E-state index is -2.05. The molecule has 2 aromatic rings. The van der Waals surface area contributed by atoms with Crippen LogP contribution in [0.2, 0.25) is 0 Å². The number of unbranched alkanes of at least 4 members (excludes halogenated alkanes) is 2. The van der Waals surface area contributed by atoms with Gasteiger partial charge in [-0.2, -0.15) is 0 Å². The normalized spacial score (nSPS) is 15.2. The van der Waals surface area contributed by atoms with E-state index >= 15 is 0 Å². The highest BCUT2D eigenvalue weighted by Gasteiger charge is 2.42. The highest BCUT2D eigenvalue weighted by molar-refractivity contribution is 6.02. The van der Waals surface area contributed by atoms with E-state index in [1.54, 1.807) is 70.2 Å². The Labute approximate surface area is 823 Å². The Morgan fingerprint density at radius 1 is 0.338 bits per heavy atom. The number of primary amides is 2. The molecular weight excluding hydrogens is 1860 g/mol. The van der Waals surface area contributed by atoms with Crippen LogP contribution >= 0.6 is 0 Å². The number of hydrogen-bond donors (Lipinski definition) is 30. The van der Waals surface area contributed by atoms with Crippen LogP contribution in [0.5, 0.6) is 5.75 Å². The molecule has 19 atom stereocenters. The topological polar surface area (TPSA) is 856 Å². The van der Waals surface area contributed by atoms with Gasteiger partial charge in [0, 0.05) is 25.8 Å². The first-order valence-electron chi connectivity index (χ1n) is 47.1. The number of phenolic OH excluding ortho intramolecular Hbond substituents is 1. The Morgan fingerprint density at radius 2 is 0.690 bits per heavy atom. The van der Waals surface area contributed by atoms with Crippen molar-refractivity contribution in [3.63, 3.8) is 0 Å². The van der Waals surface area contributed by atoms with Crippen molar-refractivity contribution in [3.8, 4) is 5.75 Å². The quantitative estimate of drug-likeness (QED) is 0.0166. The van der Waals surface area contributed by atoms with Gasteiger partial charge in [-0.25, -0.2) is 0 Å². The molecule has 0 radical (unpaired) electrons. The number of carbonyl (C=O) groups excluding carboxylic acids is 19. The van der Waals surface area contributed by atoms with E-state index in [9.17, 15) is 126 Å². The molecule has 0 aliphatic heterocycles. The van der Waals surface area contributed by atoms with Crippen LogP contribution in [0.3, 0.4) is 0 Å². The summed E-state index contributed by atoms with van der Waals surface area (Å²) in [4.78, 5) is 287. The maximum absolute atomic E-state index is 14.9. The molecule has 0 spiro atoms. The predicted octanol–water partition coefficient (Wildman–Crippen LogP) is -7.79. The van der Waals surface area contributed by atoms with Crippen LogP contribution in [0.15, 0.2) is 54.6 Å². The van der Waals surface area contributed by atoms with Gasteiger partial charge in [-0.1, -0.05) is 97.9 Å². The number of carbonyl (C=O) groups is 21. The number of nitrogens with two attached hydrogens (primary N) is 6. The summed E-state index contributed by atoms with van der Waals surface area (Å²) in [7, 11) is 0. The fourth-order valence-electron chi connectivity index (χ4n) is 14.0. The average Bonchev–Trinajstić information content (AvgIpc) is 0.840. The zero-order valence-electron chi connectivity index (χ0n) is 82.6. The SMILES string of the molecule is CC(C)C[C@H](NC(=O)[C@H](C)NC(=O)[C@H](CCCNC(=N)N)NC(=O)[C@@H](N)Cc1ccc(O)cc1)C(=O)N[C@H](C(=O)N[C@@H](CC(=O)O)C(=O)N[C@H](C(=O)N[C@@H](CC(C)C)C(=O)N[C@@H](CCCCN)C(=O)N[C@@H](Cc1ccccc1)C(=O)N[C@H](C(=O)N[C@H](C(=O)N[C@@H](CCC(N)=O)C(=O)N[C@@H](C)C(=O)N[C@@H](CCC(=O)O)C(=O)NCC(=O)N[C@@H](C)C(=O)N[C@@H](CCCCN)C(N)=O)[C@@H](C)O)C(C)C)[C@@H](C)O)C(C)C. The van der Waals surface area contributed by atoms with Gasteiger partial charge in [0.25, 0.3) is 0 Å². The Hall–Kier alpha value is -13.8. The molecule has 0 fully saturated rings. The van der Waals surface area contributed by atoms with Crippen molar-refractivity contribution in [1.82, 2.24) is 95.7 Å². The summed E-state index contributed by atoms with van der Waals surface area (Å²) in [6.45, 7) is 18.2. The van der Waals surface area contributed by atoms with Crippen molar-refractivity contribution < 1.29 is 126 Å². The van der Waals surface area contributed by atoms with Crippen molar-refractivity contribution in [2.24, 2.45) is 58.1 Å². The molecule has 0 heterocycles. The zero-order chi connectivity index (χ0) is 108. The van der Waals surface area contributed by atoms with E-state index in [0.717, 1.165) is 20.8 Å². The molecule has 0 aliphatic carbocycles. The number of guanidine groups is 1. The van der Waals surface area contributed by atoms with Crippen LogP contribution in [0, 0.1) is 29.1 Å². The summed E-state index contributed by atoms with van der Waals surface area (Å²) in [6, 6.07) is -12.7. The minimum absolute atomic E-state index is 0.0148. The molecule has 794 valence electrons. The summed E-state index contributed by atoms with van der Waals surface area (Å²) >= 11 is 0. The Bertz CT molecular complexity index is 4580. The lowest BCUT2D eigenvalue weighted by Crippen LogP contribution is -2.63. The maximum atomic E-state index is 14.9. The van der Waals surface area contributed by atoms with Crippen molar-refractivity contribution in [3.05, 3.63) is 65.7 Å². The van der Waals surface area contributed by atoms with Gasteiger partial charge in [0.2, 0.25) is 112 Å². The monoisotopic (exact) mass is 2010 g/mol. The number of aromatic hydroxyl groups is 1. The molecule has 19 amide bonds. The molecule has 51 nitrogen and oxygen atoms in total. The van der Waals surface area contributed by atoms with Gasteiger partial charge in [-0.3, -0.25) is 106 Å². The molecular formula is C91H149N25O26. The van der Waals surface area contributed by atoms with Crippen molar-refractivity contribution in [2.75, 3.05) is 26.2 Å². The number of aliphatic carboxylic acids is 2. The lowest BCUT2D eigenvalue weighted by Gasteiger charge is -2.30. The largest absolute Gasteiger partial charge is 0.508 e. The maximum Gasteiger partial charge on any atom is 0.305 e. The van der Waals surface area contributed by atoms with E-state index < -0.39 is 295 Å². The Kier molecular flexibility index (Phi) is 55.8. The number of carboxylic acid groups (broad SMARTS) is 2. The standard InChI is InChI=1S/C91H149N25O26/c1-44(2)38-62(111-90(142)72(51(12)117)115-86(138)65(42-69(124)125)112-87(139)70(46(5)6)113-84(136)63(39-45(3)4)109-77(129)50(11)102-80(132)59(26-21-37-99-91(97)98)106-78(130)56(94)40-54-27-29-55(119)30-28-54)83(135)107-58(25-18-20-36-93)82(134)110-64(41-53-22-15-14-16-23-53)85(137)114-71(47(7)8)88(140)116-73(52(13)118)89(141)108-61(31-33-66(95)120)81(133)103-49(10)76(128)105-60(32-34-68(122)123)79(131)100-43-67(121)101-48(9)75(127)104-57(74(96)126)24-17-19-35-92/h14-16,22-23,27-30,44-52,56-65,70-73,117-119H,17-21,24-26,31-43,92-94H2,1-13H3,(H2,95,120)(H2,96,126)(H,100,131)(H,101,121)(H,102,132)(H,103,133)(H,104,127)(H,105,128)(H,106,130)(H,107,135)(H,108,141)(H,109,129)(H,110,134)(H,111,142)(H,112,139)(H,113,136)(H,114,137)(H,115,138)(H,116,140)(H,122,123)(H,124,125)(H4,97,98,99)/t48-,49-,50-,51+,52+,56-,57-,58-,59-,60-,61-,62-,63-,64-,65-,70-,71-,72-,73-/m0/s1. The average molecular weight is 2010 g/mol. The molecule has 0 aliphatic rings. The number of nitrogens with one attached hydrogen (secondary N) is 19. The summed E-state index contributed by atoms with van der Waals surface area (Å²) in [5.74, 6) is -25.4. The third-order valence-corrected chi connectivity index (χ3v) is 22.1. The van der Waals surface area contributed by atoms with E-state index in [-0.39, 0.29) is 94.9 Å². The first-order valence-corrected chi connectivity index (χ1v) is 47.1. The second-order valence-electron chi connectivity index (χ2n) is 36.3.